The van der Waals surface area contributed by atoms with Crippen LogP contribution < -0.4 is 5.32 Å². The van der Waals surface area contributed by atoms with E-state index in [0.717, 1.165) is 15.9 Å². The molecule has 0 bridgehead atoms. The minimum absolute atomic E-state index is 0.222. The van der Waals surface area contributed by atoms with Crippen molar-refractivity contribution in [3.63, 3.8) is 0 Å². The third-order valence-corrected chi connectivity index (χ3v) is 3.91. The van der Waals surface area contributed by atoms with Crippen molar-refractivity contribution in [1.82, 2.24) is 19.7 Å². The lowest BCUT2D eigenvalue weighted by atomic mass is 10.2. The SMILES string of the molecule is Cc1cc(C)n(-c2ncc(NC(=O)c3ccccc3Br)cn2)n1. The summed E-state index contributed by atoms with van der Waals surface area (Å²) in [6.07, 6.45) is 3.13. The largest absolute Gasteiger partial charge is 0.319 e. The molecule has 2 aromatic heterocycles. The second-order valence-electron chi connectivity index (χ2n) is 5.04. The van der Waals surface area contributed by atoms with Crippen LogP contribution in [0.25, 0.3) is 5.95 Å². The summed E-state index contributed by atoms with van der Waals surface area (Å²) < 4.78 is 2.40. The van der Waals surface area contributed by atoms with Crippen molar-refractivity contribution in [2.75, 3.05) is 5.32 Å². The number of nitrogens with zero attached hydrogens (tertiary/aromatic N) is 4. The van der Waals surface area contributed by atoms with E-state index in [4.69, 9.17) is 0 Å². The van der Waals surface area contributed by atoms with E-state index in [-0.39, 0.29) is 5.91 Å². The minimum atomic E-state index is -0.222. The fraction of sp³-hybridized carbons (Fsp3) is 0.125. The van der Waals surface area contributed by atoms with Gasteiger partial charge in [0.05, 0.1) is 29.3 Å². The molecule has 0 unspecified atom stereocenters. The molecule has 0 aliphatic carbocycles. The van der Waals surface area contributed by atoms with Gasteiger partial charge in [-0.1, -0.05) is 12.1 Å². The minimum Gasteiger partial charge on any atom is -0.319 e. The Labute approximate surface area is 141 Å². The molecule has 0 radical (unpaired) electrons. The fourth-order valence-electron chi connectivity index (χ4n) is 2.17. The second kappa shape index (κ2) is 6.29. The van der Waals surface area contributed by atoms with Crippen molar-refractivity contribution in [1.29, 1.82) is 0 Å². The van der Waals surface area contributed by atoms with Gasteiger partial charge in [-0.05, 0) is 48.0 Å². The first-order valence-corrected chi connectivity index (χ1v) is 7.75. The van der Waals surface area contributed by atoms with Crippen LogP contribution in [0.4, 0.5) is 5.69 Å². The number of carbonyl (C=O) groups excluding carboxylic acids is 1. The topological polar surface area (TPSA) is 72.7 Å². The zero-order valence-corrected chi connectivity index (χ0v) is 14.2. The monoisotopic (exact) mass is 371 g/mol. The predicted octanol–water partition coefficient (Wildman–Crippen LogP) is 3.29. The summed E-state index contributed by atoms with van der Waals surface area (Å²) in [6.45, 7) is 3.85. The standard InChI is InChI=1S/C16H14BrN5O/c1-10-7-11(2)22(21-10)16-18-8-12(9-19-16)20-15(23)13-5-3-4-6-14(13)17/h3-9H,1-2H3,(H,20,23). The van der Waals surface area contributed by atoms with E-state index in [9.17, 15) is 4.79 Å². The van der Waals surface area contributed by atoms with E-state index in [1.807, 2.05) is 38.1 Å². The van der Waals surface area contributed by atoms with Crippen LogP contribution >= 0.6 is 15.9 Å². The Hall–Kier alpha value is -2.54. The van der Waals surface area contributed by atoms with E-state index in [2.05, 4.69) is 36.3 Å². The molecule has 1 amide bonds. The Morgan fingerprint density at radius 2 is 1.87 bits per heavy atom. The lowest BCUT2D eigenvalue weighted by Gasteiger charge is -2.07. The maximum atomic E-state index is 12.2. The summed E-state index contributed by atoms with van der Waals surface area (Å²) in [5.41, 5.74) is 2.93. The van der Waals surface area contributed by atoms with E-state index >= 15 is 0 Å². The molecular formula is C16H14BrN5O. The molecule has 7 heteroatoms. The highest BCUT2D eigenvalue weighted by Crippen LogP contribution is 2.17. The van der Waals surface area contributed by atoms with Gasteiger partial charge in [-0.3, -0.25) is 4.79 Å². The van der Waals surface area contributed by atoms with E-state index in [1.165, 1.54) is 0 Å². The van der Waals surface area contributed by atoms with Crippen molar-refractivity contribution in [2.24, 2.45) is 0 Å². The highest BCUT2D eigenvalue weighted by molar-refractivity contribution is 9.10. The summed E-state index contributed by atoms with van der Waals surface area (Å²) in [4.78, 5) is 20.7. The first-order chi connectivity index (χ1) is 11.0. The third kappa shape index (κ3) is 3.29. The molecule has 0 aliphatic heterocycles. The number of amides is 1. The molecule has 0 saturated heterocycles. The van der Waals surface area contributed by atoms with Gasteiger partial charge in [0.15, 0.2) is 0 Å². The van der Waals surface area contributed by atoms with Gasteiger partial charge in [-0.2, -0.15) is 5.10 Å². The molecule has 0 saturated carbocycles. The average molecular weight is 372 g/mol. The van der Waals surface area contributed by atoms with Crippen LogP contribution in [0.5, 0.6) is 0 Å². The first kappa shape index (κ1) is 15.4. The third-order valence-electron chi connectivity index (χ3n) is 3.21. The van der Waals surface area contributed by atoms with Crippen LogP contribution in [0, 0.1) is 13.8 Å². The number of carbonyl (C=O) groups is 1. The Kier molecular flexibility index (Phi) is 4.20. The Morgan fingerprint density at radius 3 is 2.48 bits per heavy atom. The molecule has 0 spiro atoms. The van der Waals surface area contributed by atoms with Crippen LogP contribution in [-0.2, 0) is 0 Å². The number of hydrogen-bond acceptors (Lipinski definition) is 4. The highest BCUT2D eigenvalue weighted by Gasteiger charge is 2.11. The summed E-state index contributed by atoms with van der Waals surface area (Å²) in [5, 5.41) is 7.10. The fourth-order valence-corrected chi connectivity index (χ4v) is 2.64. The highest BCUT2D eigenvalue weighted by atomic mass is 79.9. The van der Waals surface area contributed by atoms with Crippen LogP contribution in [0.1, 0.15) is 21.7 Å². The Balaban J connectivity index is 1.79. The average Bonchev–Trinajstić information content (AvgIpc) is 2.87. The summed E-state index contributed by atoms with van der Waals surface area (Å²) in [7, 11) is 0. The number of aryl methyl sites for hydroxylation is 2. The van der Waals surface area contributed by atoms with Gasteiger partial charge in [-0.25, -0.2) is 14.6 Å². The molecule has 1 N–H and O–H groups in total. The van der Waals surface area contributed by atoms with Gasteiger partial charge < -0.3 is 5.32 Å². The van der Waals surface area contributed by atoms with Crippen molar-refractivity contribution >= 4 is 27.5 Å². The number of aromatic nitrogens is 4. The van der Waals surface area contributed by atoms with Crippen molar-refractivity contribution in [3.05, 3.63) is 64.1 Å². The van der Waals surface area contributed by atoms with E-state index in [0.29, 0.717) is 17.2 Å². The van der Waals surface area contributed by atoms with Gasteiger partial charge in [-0.15, -0.1) is 0 Å². The summed E-state index contributed by atoms with van der Waals surface area (Å²) in [5.74, 6) is 0.245. The molecule has 6 nitrogen and oxygen atoms in total. The molecule has 2 heterocycles. The number of hydrogen-bond donors (Lipinski definition) is 1. The molecule has 0 aliphatic rings. The van der Waals surface area contributed by atoms with Gasteiger partial charge in [0.2, 0.25) is 0 Å². The van der Waals surface area contributed by atoms with E-state index < -0.39 is 0 Å². The number of rotatable bonds is 3. The van der Waals surface area contributed by atoms with Gasteiger partial charge in [0, 0.05) is 10.2 Å². The first-order valence-electron chi connectivity index (χ1n) is 6.96. The van der Waals surface area contributed by atoms with Crippen LogP contribution in [-0.4, -0.2) is 25.7 Å². The van der Waals surface area contributed by atoms with Crippen molar-refractivity contribution in [3.8, 4) is 5.95 Å². The lowest BCUT2D eigenvalue weighted by molar-refractivity contribution is 0.102. The summed E-state index contributed by atoms with van der Waals surface area (Å²) in [6, 6.07) is 9.17. The number of benzene rings is 1. The Morgan fingerprint density at radius 1 is 1.17 bits per heavy atom. The molecule has 116 valence electrons. The molecule has 3 aromatic rings. The molecule has 23 heavy (non-hydrogen) atoms. The van der Waals surface area contributed by atoms with Gasteiger partial charge >= 0.3 is 0 Å². The van der Waals surface area contributed by atoms with Crippen LogP contribution in [0.3, 0.4) is 0 Å². The molecular weight excluding hydrogens is 358 g/mol. The quantitative estimate of drug-likeness (QED) is 0.766. The maximum Gasteiger partial charge on any atom is 0.256 e. The Bertz CT molecular complexity index is 857. The molecule has 3 rings (SSSR count). The molecule has 0 atom stereocenters. The zero-order valence-electron chi connectivity index (χ0n) is 12.6. The van der Waals surface area contributed by atoms with Gasteiger partial charge in [0.1, 0.15) is 0 Å². The molecule has 1 aromatic carbocycles. The smallest absolute Gasteiger partial charge is 0.256 e. The van der Waals surface area contributed by atoms with Crippen LogP contribution in [0.2, 0.25) is 0 Å². The number of anilines is 1. The number of nitrogens with one attached hydrogen (secondary N) is 1. The zero-order chi connectivity index (χ0) is 16.4. The number of halogens is 1. The van der Waals surface area contributed by atoms with Gasteiger partial charge in [0.25, 0.3) is 11.9 Å². The predicted molar refractivity (Wildman–Crippen MR) is 90.7 cm³/mol. The second-order valence-corrected chi connectivity index (χ2v) is 5.90. The molecule has 0 fully saturated rings. The van der Waals surface area contributed by atoms with Crippen LogP contribution in [0.15, 0.2) is 47.2 Å². The van der Waals surface area contributed by atoms with Crippen molar-refractivity contribution < 1.29 is 4.79 Å². The van der Waals surface area contributed by atoms with Crippen molar-refractivity contribution in [2.45, 2.75) is 13.8 Å². The lowest BCUT2D eigenvalue weighted by Crippen LogP contribution is -2.13. The van der Waals surface area contributed by atoms with E-state index in [1.54, 1.807) is 23.1 Å². The maximum absolute atomic E-state index is 12.2. The normalized spacial score (nSPS) is 10.6. The summed E-state index contributed by atoms with van der Waals surface area (Å²) >= 11 is 3.36.